The van der Waals surface area contributed by atoms with Crippen LogP contribution in [-0.4, -0.2) is 26.9 Å². The maximum atomic E-state index is 10.7. The molecular weight excluding hydrogens is 194 g/mol. The lowest BCUT2D eigenvalue weighted by atomic mass is 10.4. The first-order valence-electron chi connectivity index (χ1n) is 4.68. The highest BCUT2D eigenvalue weighted by molar-refractivity contribution is 7.99. The van der Waals surface area contributed by atoms with Crippen LogP contribution in [0.1, 0.15) is 6.92 Å². The van der Waals surface area contributed by atoms with Gasteiger partial charge in [-0.25, -0.2) is 0 Å². The Kier molecular flexibility index (Phi) is 4.60. The molecule has 14 heavy (non-hydrogen) atoms. The van der Waals surface area contributed by atoms with E-state index < -0.39 is 7.37 Å². The van der Waals surface area contributed by atoms with Gasteiger partial charge in [0, 0.05) is 0 Å². The van der Waals surface area contributed by atoms with Gasteiger partial charge < -0.3 is 5.11 Å². The molecule has 0 spiro atoms. The van der Waals surface area contributed by atoms with Gasteiger partial charge in [-0.15, -0.1) is 6.61 Å². The van der Waals surface area contributed by atoms with Crippen molar-refractivity contribution in [2.45, 2.75) is 6.92 Å². The van der Waals surface area contributed by atoms with Crippen LogP contribution in [0.4, 0.5) is 0 Å². The highest BCUT2D eigenvalue weighted by Gasteiger charge is 2.34. The maximum absolute atomic E-state index is 10.7. The normalized spacial score (nSPS) is 15.0. The van der Waals surface area contributed by atoms with E-state index in [1.54, 1.807) is 0 Å². The lowest BCUT2D eigenvalue weighted by Gasteiger charge is -2.22. The standard InChI is InChI=1S/C10H14BO2P/c1-2-13-14(11,9-8-12)10-6-4-3-5-7-10/h3-7H,2,8-9H2,1H3. The highest BCUT2D eigenvalue weighted by atomic mass is 31.2. The molecule has 0 aromatic heterocycles. The molecule has 0 fully saturated rings. The predicted molar refractivity (Wildman–Crippen MR) is 60.1 cm³/mol. The van der Waals surface area contributed by atoms with Crippen molar-refractivity contribution in [3.8, 4) is 0 Å². The van der Waals surface area contributed by atoms with Crippen molar-refractivity contribution in [2.75, 3.05) is 19.4 Å². The first-order chi connectivity index (χ1) is 6.73. The average molecular weight is 208 g/mol. The third-order valence-corrected chi connectivity index (χ3v) is 4.71. The van der Waals surface area contributed by atoms with E-state index in [1.165, 1.54) is 0 Å². The zero-order valence-corrected chi connectivity index (χ0v) is 9.24. The van der Waals surface area contributed by atoms with Gasteiger partial charge in [-0.1, -0.05) is 18.2 Å². The minimum absolute atomic E-state index is 0.181. The molecule has 0 aliphatic rings. The molecule has 0 amide bonds. The van der Waals surface area contributed by atoms with Gasteiger partial charge in [0.25, 0.3) is 0 Å². The fourth-order valence-corrected chi connectivity index (χ4v) is 3.26. The molecular formula is C10H14BO2P. The van der Waals surface area contributed by atoms with Crippen LogP contribution >= 0.6 is 7.37 Å². The number of benzene rings is 1. The fraction of sp³-hybridized carbons (Fsp3) is 0.400. The Morgan fingerprint density at radius 2 is 2.00 bits per heavy atom. The van der Waals surface area contributed by atoms with Gasteiger partial charge in [0.15, 0.2) is 0 Å². The van der Waals surface area contributed by atoms with E-state index >= 15 is 0 Å². The number of rotatable bonds is 5. The van der Waals surface area contributed by atoms with Gasteiger partial charge in [-0.3, -0.25) is 4.52 Å². The van der Waals surface area contributed by atoms with E-state index in [0.717, 1.165) is 5.30 Å². The molecule has 0 heterocycles. The Hall–Kier alpha value is -0.365. The van der Waals surface area contributed by atoms with Crippen LogP contribution in [0.15, 0.2) is 30.3 Å². The lowest BCUT2D eigenvalue weighted by Crippen LogP contribution is -2.23. The molecule has 0 bridgehead atoms. The molecule has 1 rings (SSSR count). The molecule has 74 valence electrons. The minimum Gasteiger partial charge on any atom is -0.852 e. The van der Waals surface area contributed by atoms with E-state index in [1.807, 2.05) is 37.3 Å². The summed E-state index contributed by atoms with van der Waals surface area (Å²) in [6.45, 7) is 2.27. The molecule has 4 heteroatoms. The molecule has 0 aliphatic carbocycles. The summed E-state index contributed by atoms with van der Waals surface area (Å²) >= 11 is 0. The molecule has 0 saturated carbocycles. The third-order valence-electron chi connectivity index (χ3n) is 1.98. The molecule has 2 nitrogen and oxygen atoms in total. The van der Waals surface area contributed by atoms with E-state index in [4.69, 9.17) is 12.1 Å². The van der Waals surface area contributed by atoms with Crippen LogP contribution in [0.25, 0.3) is 0 Å². The van der Waals surface area contributed by atoms with E-state index in [9.17, 15) is 5.11 Å². The van der Waals surface area contributed by atoms with Crippen molar-refractivity contribution in [3.63, 3.8) is 0 Å². The van der Waals surface area contributed by atoms with Crippen LogP contribution in [0.3, 0.4) is 0 Å². The lowest BCUT2D eigenvalue weighted by molar-refractivity contribution is -0.360. The topological polar surface area (TPSA) is 32.3 Å². The van der Waals surface area contributed by atoms with Crippen LogP contribution < -0.4 is 10.4 Å². The summed E-state index contributed by atoms with van der Waals surface area (Å²) in [6.07, 6.45) is 0.408. The van der Waals surface area contributed by atoms with Gasteiger partial charge in [0.1, 0.15) is 12.7 Å². The van der Waals surface area contributed by atoms with E-state index in [-0.39, 0.29) is 6.61 Å². The van der Waals surface area contributed by atoms with Gasteiger partial charge in [-0.2, -0.15) is 0 Å². The second-order valence-electron chi connectivity index (χ2n) is 2.98. The van der Waals surface area contributed by atoms with Crippen molar-refractivity contribution >= 4 is 20.2 Å². The van der Waals surface area contributed by atoms with Crippen molar-refractivity contribution < 1.29 is 9.63 Å². The van der Waals surface area contributed by atoms with Gasteiger partial charge >= 0.3 is 7.57 Å². The number of hydrogen-bond acceptors (Lipinski definition) is 2. The van der Waals surface area contributed by atoms with E-state index in [0.29, 0.717) is 12.8 Å². The summed E-state index contributed by atoms with van der Waals surface area (Å²) in [5.41, 5.74) is 0. The molecule has 0 aliphatic heterocycles. The third kappa shape index (κ3) is 2.81. The summed E-state index contributed by atoms with van der Waals surface area (Å²) in [6, 6.07) is 9.62. The van der Waals surface area contributed by atoms with Crippen molar-refractivity contribution in [2.24, 2.45) is 0 Å². The molecule has 1 aromatic carbocycles. The quantitative estimate of drug-likeness (QED) is 0.527. The van der Waals surface area contributed by atoms with Crippen LogP contribution in [-0.2, 0) is 4.52 Å². The van der Waals surface area contributed by atoms with Crippen molar-refractivity contribution in [3.05, 3.63) is 30.3 Å². The molecule has 1 aromatic rings. The van der Waals surface area contributed by atoms with Gasteiger partial charge in [0.05, 0.1) is 12.8 Å². The predicted octanol–water partition coefficient (Wildman–Crippen LogP) is 0.725. The summed E-state index contributed by atoms with van der Waals surface area (Å²) in [7, 11) is 4.00. The summed E-state index contributed by atoms with van der Waals surface area (Å²) < 4.78 is 5.54. The number of hydrogen-bond donors (Lipinski definition) is 0. The van der Waals surface area contributed by atoms with Gasteiger partial charge in [0.2, 0.25) is 0 Å². The Morgan fingerprint density at radius 3 is 2.50 bits per heavy atom. The van der Waals surface area contributed by atoms with E-state index in [2.05, 4.69) is 0 Å². The molecule has 0 saturated heterocycles. The second kappa shape index (κ2) is 5.50. The summed E-state index contributed by atoms with van der Waals surface area (Å²) in [5, 5.41) is 11.6. The average Bonchev–Trinajstić information content (AvgIpc) is 2.20. The smallest absolute Gasteiger partial charge is 0.408 e. The SMILES string of the molecule is [B][P+](CC[O-])(OCC)c1ccccc1. The molecule has 0 N–H and O–H groups in total. The van der Waals surface area contributed by atoms with Gasteiger partial charge in [-0.05, 0) is 19.1 Å². The first-order valence-corrected chi connectivity index (χ1v) is 6.64. The molecule has 2 radical (unpaired) electrons. The minimum atomic E-state index is -2.13. The monoisotopic (exact) mass is 208 g/mol. The zero-order valence-electron chi connectivity index (χ0n) is 8.35. The zero-order chi connectivity index (χ0) is 10.4. The van der Waals surface area contributed by atoms with Crippen LogP contribution in [0.5, 0.6) is 0 Å². The fourth-order valence-electron chi connectivity index (χ4n) is 1.31. The summed E-state index contributed by atoms with van der Waals surface area (Å²) in [5.74, 6) is 0. The Labute approximate surface area is 87.1 Å². The Balaban J connectivity index is 2.87. The first kappa shape index (κ1) is 11.7. The van der Waals surface area contributed by atoms with Crippen molar-refractivity contribution in [1.29, 1.82) is 0 Å². The maximum Gasteiger partial charge on any atom is 0.408 e. The Morgan fingerprint density at radius 1 is 1.36 bits per heavy atom. The molecule has 1 atom stereocenters. The highest BCUT2D eigenvalue weighted by Crippen LogP contribution is 2.52. The second-order valence-corrected chi connectivity index (χ2v) is 5.79. The van der Waals surface area contributed by atoms with Crippen molar-refractivity contribution in [1.82, 2.24) is 0 Å². The molecule has 1 unspecified atom stereocenters. The van der Waals surface area contributed by atoms with Crippen LogP contribution in [0, 0.1) is 0 Å². The van der Waals surface area contributed by atoms with Crippen LogP contribution in [0.2, 0.25) is 0 Å². The Bertz CT molecular complexity index is 260. The summed E-state index contributed by atoms with van der Waals surface area (Å²) in [4.78, 5) is 0. The largest absolute Gasteiger partial charge is 0.852 e.